The van der Waals surface area contributed by atoms with Crippen molar-refractivity contribution in [2.24, 2.45) is 5.92 Å². The van der Waals surface area contributed by atoms with Crippen LogP contribution >= 0.6 is 0 Å². The number of nitrogens with zero attached hydrogens (tertiary/aromatic N) is 5. The molecule has 2 aliphatic rings. The molecule has 1 unspecified atom stereocenters. The third kappa shape index (κ3) is 3.81. The molecule has 170 valence electrons. The first-order valence-corrected chi connectivity index (χ1v) is 11.5. The Balaban J connectivity index is 1.42. The molecule has 1 N–H and O–H groups in total. The molecular weight excluding hydrogens is 428 g/mol. The Labute approximate surface area is 197 Å². The van der Waals surface area contributed by atoms with Crippen molar-refractivity contribution in [3.05, 3.63) is 72.3 Å². The summed E-state index contributed by atoms with van der Waals surface area (Å²) in [7, 11) is 0. The Kier molecular flexibility index (Phi) is 5.05. The number of amides is 1. The fraction of sp³-hybridized carbons (Fsp3) is 0.269. The molecule has 1 fully saturated rings. The maximum absolute atomic E-state index is 13.4. The van der Waals surface area contributed by atoms with E-state index in [4.69, 9.17) is 4.74 Å². The molecular formula is C26H24N6O2. The molecule has 1 saturated carbocycles. The van der Waals surface area contributed by atoms with Crippen LogP contribution in [0.2, 0.25) is 0 Å². The van der Waals surface area contributed by atoms with Crippen molar-refractivity contribution in [3.8, 4) is 28.4 Å². The average Bonchev–Trinajstić information content (AvgIpc) is 3.52. The Hall–Kier alpha value is -4.07. The van der Waals surface area contributed by atoms with Gasteiger partial charge in [0, 0.05) is 23.5 Å². The van der Waals surface area contributed by atoms with Crippen LogP contribution in [0.1, 0.15) is 41.4 Å². The summed E-state index contributed by atoms with van der Waals surface area (Å²) in [6.07, 6.45) is 6.64. The molecule has 34 heavy (non-hydrogen) atoms. The smallest absolute Gasteiger partial charge is 0.260 e. The van der Waals surface area contributed by atoms with Crippen molar-refractivity contribution in [1.82, 2.24) is 24.7 Å². The fourth-order valence-electron chi connectivity index (χ4n) is 4.82. The van der Waals surface area contributed by atoms with E-state index >= 15 is 0 Å². The van der Waals surface area contributed by atoms with Gasteiger partial charge in [-0.3, -0.25) is 9.78 Å². The van der Waals surface area contributed by atoms with Crippen LogP contribution in [0.3, 0.4) is 0 Å². The molecule has 4 bridgehead atoms. The van der Waals surface area contributed by atoms with Gasteiger partial charge in [0.05, 0.1) is 12.2 Å². The van der Waals surface area contributed by atoms with Gasteiger partial charge in [0.2, 0.25) is 0 Å². The molecule has 1 aromatic carbocycles. The lowest BCUT2D eigenvalue weighted by molar-refractivity contribution is 0.102. The van der Waals surface area contributed by atoms with Crippen molar-refractivity contribution < 1.29 is 9.53 Å². The number of carbonyl (C=O) groups excluding carboxylic acids is 1. The van der Waals surface area contributed by atoms with Crippen LogP contribution in [0, 0.1) is 12.8 Å². The van der Waals surface area contributed by atoms with Crippen LogP contribution in [-0.4, -0.2) is 37.2 Å². The predicted molar refractivity (Wildman–Crippen MR) is 127 cm³/mol. The molecule has 0 saturated heterocycles. The highest BCUT2D eigenvalue weighted by molar-refractivity contribution is 6.06. The second-order valence-electron chi connectivity index (χ2n) is 8.97. The van der Waals surface area contributed by atoms with Crippen molar-refractivity contribution in [3.63, 3.8) is 0 Å². The lowest BCUT2D eigenvalue weighted by Crippen LogP contribution is -2.17. The van der Waals surface area contributed by atoms with Gasteiger partial charge in [0.25, 0.3) is 5.91 Å². The predicted octanol–water partition coefficient (Wildman–Crippen LogP) is 4.70. The summed E-state index contributed by atoms with van der Waals surface area (Å²) in [4.78, 5) is 22.4. The number of rotatable bonds is 1. The zero-order valence-corrected chi connectivity index (χ0v) is 18.8. The third-order valence-corrected chi connectivity index (χ3v) is 6.64. The minimum atomic E-state index is -0.274. The number of ether oxygens (including phenoxy) is 1. The van der Waals surface area contributed by atoms with Gasteiger partial charge in [0.1, 0.15) is 23.6 Å². The summed E-state index contributed by atoms with van der Waals surface area (Å²) < 4.78 is 8.34. The zero-order valence-electron chi connectivity index (χ0n) is 18.8. The second kappa shape index (κ2) is 8.37. The molecule has 0 spiro atoms. The number of fused-ring (bicyclic) bond motifs is 8. The van der Waals surface area contributed by atoms with E-state index in [0.29, 0.717) is 47.2 Å². The summed E-state index contributed by atoms with van der Waals surface area (Å²) >= 11 is 0. The quantitative estimate of drug-likeness (QED) is 0.450. The molecule has 1 aliphatic heterocycles. The first kappa shape index (κ1) is 20.5. The lowest BCUT2D eigenvalue weighted by Gasteiger charge is -2.18. The molecule has 8 heteroatoms. The van der Waals surface area contributed by atoms with Crippen LogP contribution in [0.5, 0.6) is 5.75 Å². The Morgan fingerprint density at radius 1 is 1.09 bits per heavy atom. The van der Waals surface area contributed by atoms with Gasteiger partial charge in [-0.25, -0.2) is 4.98 Å². The Morgan fingerprint density at radius 3 is 2.88 bits per heavy atom. The topological polar surface area (TPSA) is 94.8 Å². The van der Waals surface area contributed by atoms with E-state index in [1.165, 1.54) is 0 Å². The molecule has 4 aromatic rings. The molecule has 3 aromatic heterocycles. The van der Waals surface area contributed by atoms with Gasteiger partial charge in [-0.15, -0.1) is 10.2 Å². The number of aryl methyl sites for hydroxylation is 1. The number of hydrogen-bond donors (Lipinski definition) is 1. The van der Waals surface area contributed by atoms with E-state index in [9.17, 15) is 4.79 Å². The molecule has 1 aliphatic carbocycles. The number of aromatic nitrogens is 5. The number of nitrogens with one attached hydrogen (secondary N) is 1. The van der Waals surface area contributed by atoms with E-state index in [2.05, 4.69) is 30.0 Å². The highest BCUT2D eigenvalue weighted by atomic mass is 16.5. The van der Waals surface area contributed by atoms with Crippen molar-refractivity contribution in [2.45, 2.75) is 32.2 Å². The molecule has 0 radical (unpaired) electrons. The molecule has 1 amide bonds. The number of anilines is 1. The Morgan fingerprint density at radius 2 is 2.00 bits per heavy atom. The SMILES string of the molecule is Cc1ccc(-c2ccc3c(c2)C(=O)Nc2cccc(n2)-c2nncn2[C@H]2CCC(CO3)C2)cn1. The molecule has 6 rings (SSSR count). The van der Waals surface area contributed by atoms with Crippen molar-refractivity contribution >= 4 is 11.7 Å². The van der Waals surface area contributed by atoms with Gasteiger partial charge in [-0.2, -0.15) is 0 Å². The van der Waals surface area contributed by atoms with Crippen LogP contribution in [0.4, 0.5) is 5.82 Å². The highest BCUT2D eigenvalue weighted by Crippen LogP contribution is 2.37. The summed E-state index contributed by atoms with van der Waals surface area (Å²) in [5, 5.41) is 11.4. The van der Waals surface area contributed by atoms with E-state index in [1.54, 1.807) is 12.4 Å². The number of pyridine rings is 2. The van der Waals surface area contributed by atoms with Gasteiger partial charge >= 0.3 is 0 Å². The van der Waals surface area contributed by atoms with Gasteiger partial charge < -0.3 is 14.6 Å². The fourth-order valence-corrected chi connectivity index (χ4v) is 4.82. The summed E-state index contributed by atoms with van der Waals surface area (Å²) in [6.45, 7) is 2.51. The lowest BCUT2D eigenvalue weighted by atomic mass is 10.0. The number of hydrogen-bond acceptors (Lipinski definition) is 6. The summed E-state index contributed by atoms with van der Waals surface area (Å²) in [6, 6.07) is 15.5. The van der Waals surface area contributed by atoms with Gasteiger partial charge in [-0.05, 0) is 68.0 Å². The van der Waals surface area contributed by atoms with E-state index in [1.807, 2.05) is 55.6 Å². The van der Waals surface area contributed by atoms with Crippen LogP contribution in [-0.2, 0) is 0 Å². The third-order valence-electron chi connectivity index (χ3n) is 6.64. The standard InChI is InChI=1S/C26H24N6O2/c1-16-5-7-19(13-27-16)18-8-10-23-21(12-18)26(33)30-24-4-2-3-22(29-24)25-31-28-15-32(25)20-9-6-17(11-20)14-34-23/h2-5,7-8,10,12-13,15,17,20H,6,9,11,14H2,1H3,(H,29,30,33)/t17?,20-/m0/s1. The minimum Gasteiger partial charge on any atom is -0.492 e. The zero-order chi connectivity index (χ0) is 23.1. The maximum Gasteiger partial charge on any atom is 0.260 e. The van der Waals surface area contributed by atoms with E-state index in [0.717, 1.165) is 36.1 Å². The summed E-state index contributed by atoms with van der Waals surface area (Å²) in [5.41, 5.74) is 3.95. The first-order chi connectivity index (χ1) is 16.6. The van der Waals surface area contributed by atoms with Crippen LogP contribution in [0.15, 0.2) is 61.1 Å². The van der Waals surface area contributed by atoms with Gasteiger partial charge in [-0.1, -0.05) is 18.2 Å². The van der Waals surface area contributed by atoms with Crippen LogP contribution < -0.4 is 10.1 Å². The van der Waals surface area contributed by atoms with Gasteiger partial charge in [0.15, 0.2) is 5.82 Å². The normalized spacial score (nSPS) is 19.4. The van der Waals surface area contributed by atoms with E-state index < -0.39 is 0 Å². The largest absolute Gasteiger partial charge is 0.492 e. The minimum absolute atomic E-state index is 0.274. The Bertz CT molecular complexity index is 1360. The molecule has 4 heterocycles. The number of benzene rings is 1. The molecule has 8 nitrogen and oxygen atoms in total. The second-order valence-corrected chi connectivity index (χ2v) is 8.97. The number of carbonyl (C=O) groups is 1. The van der Waals surface area contributed by atoms with Crippen LogP contribution in [0.25, 0.3) is 22.6 Å². The van der Waals surface area contributed by atoms with E-state index in [-0.39, 0.29) is 5.91 Å². The first-order valence-electron chi connectivity index (χ1n) is 11.5. The average molecular weight is 453 g/mol. The molecule has 2 atom stereocenters. The van der Waals surface area contributed by atoms with Crippen molar-refractivity contribution in [1.29, 1.82) is 0 Å². The monoisotopic (exact) mass is 452 g/mol. The highest BCUT2D eigenvalue weighted by Gasteiger charge is 2.29. The van der Waals surface area contributed by atoms with Crippen molar-refractivity contribution in [2.75, 3.05) is 11.9 Å². The summed E-state index contributed by atoms with van der Waals surface area (Å²) in [5.74, 6) is 1.85. The maximum atomic E-state index is 13.4.